The summed E-state index contributed by atoms with van der Waals surface area (Å²) in [4.78, 5) is 83.3. The van der Waals surface area contributed by atoms with Gasteiger partial charge in [-0.1, -0.05) is 23.7 Å². The number of aromatic carboxylic acids is 1. The van der Waals surface area contributed by atoms with E-state index in [0.29, 0.717) is 59.5 Å². The Morgan fingerprint density at radius 2 is 1.67 bits per heavy atom. The number of aromatic nitrogens is 5. The van der Waals surface area contributed by atoms with Crippen LogP contribution in [-0.4, -0.2) is 120 Å². The minimum absolute atomic E-state index is 0.0356. The van der Waals surface area contributed by atoms with Gasteiger partial charge in [0.15, 0.2) is 0 Å². The van der Waals surface area contributed by atoms with Gasteiger partial charge in [-0.15, -0.1) is 5.10 Å². The molecule has 3 aromatic carbocycles. The number of hydrogen-bond donors (Lipinski definition) is 7. The number of carboxylic acid groups (broad SMARTS) is 1. The van der Waals surface area contributed by atoms with Crippen LogP contribution in [0.5, 0.6) is 0 Å². The van der Waals surface area contributed by atoms with Gasteiger partial charge in [0.05, 0.1) is 18.0 Å². The quantitative estimate of drug-likeness (QED) is 0.0903. The van der Waals surface area contributed by atoms with Crippen molar-refractivity contribution < 1.29 is 39.0 Å². The van der Waals surface area contributed by atoms with Gasteiger partial charge in [-0.05, 0) is 83.4 Å². The van der Waals surface area contributed by atoms with Crippen LogP contribution in [0.2, 0.25) is 5.02 Å². The first-order valence-electron chi connectivity index (χ1n) is 17.7. The fourth-order valence-corrected chi connectivity index (χ4v) is 6.48. The van der Waals surface area contributed by atoms with Crippen LogP contribution < -0.4 is 21.3 Å². The lowest BCUT2D eigenvalue weighted by Crippen LogP contribution is -2.49. The van der Waals surface area contributed by atoms with E-state index in [2.05, 4.69) is 41.8 Å². The number of piperidine rings is 1. The third kappa shape index (κ3) is 9.88. The van der Waals surface area contributed by atoms with Crippen molar-refractivity contribution in [2.24, 2.45) is 5.92 Å². The molecule has 0 radical (unpaired) electrons. The molecule has 6 amide bonds. The number of nitrogens with zero attached hydrogens (tertiary/aromatic N) is 6. The normalized spacial score (nSPS) is 13.4. The number of halogens is 1. The van der Waals surface area contributed by atoms with Crippen molar-refractivity contribution in [3.8, 4) is 5.69 Å². The number of likely N-dealkylation sites (N-methyl/N-ethyl adjacent to an activating group) is 1. The minimum Gasteiger partial charge on any atom is -0.477 e. The molecule has 1 aliphatic rings. The monoisotopic (exact) mass is 799 g/mol. The molecule has 0 bridgehead atoms. The molecule has 0 aliphatic carbocycles. The number of rotatable bonds is 12. The van der Waals surface area contributed by atoms with Crippen LogP contribution in [0.4, 0.5) is 21.9 Å². The molecule has 19 nitrogen and oxygen atoms in total. The average Bonchev–Trinajstić information content (AvgIpc) is 3.89. The molecule has 6 rings (SSSR count). The molecule has 1 atom stereocenters. The zero-order valence-electron chi connectivity index (χ0n) is 30.4. The largest absolute Gasteiger partial charge is 0.477 e. The summed E-state index contributed by atoms with van der Waals surface area (Å²) in [5.41, 5.74) is 2.28. The van der Waals surface area contributed by atoms with Gasteiger partial charge < -0.3 is 46.3 Å². The zero-order valence-corrected chi connectivity index (χ0v) is 31.2. The van der Waals surface area contributed by atoms with E-state index in [1.165, 1.54) is 28.0 Å². The summed E-state index contributed by atoms with van der Waals surface area (Å²) in [6.07, 6.45) is 2.21. The van der Waals surface area contributed by atoms with Crippen molar-refractivity contribution in [3.05, 3.63) is 89.3 Å². The number of carbonyl (C=O) groups excluding carboxylic acids is 5. The first-order valence-corrected chi connectivity index (χ1v) is 18.1. The maximum absolute atomic E-state index is 13.8. The Balaban J connectivity index is 1.14. The highest BCUT2D eigenvalue weighted by atomic mass is 35.5. The van der Waals surface area contributed by atoms with Crippen LogP contribution in [0.3, 0.4) is 0 Å². The number of anilines is 3. The average molecular weight is 800 g/mol. The highest BCUT2D eigenvalue weighted by Crippen LogP contribution is 2.25. The second-order valence-electron chi connectivity index (χ2n) is 13.3. The van der Waals surface area contributed by atoms with E-state index in [9.17, 15) is 33.9 Å². The lowest BCUT2D eigenvalue weighted by atomic mass is 9.95. The van der Waals surface area contributed by atoms with Crippen molar-refractivity contribution in [1.82, 2.24) is 40.3 Å². The summed E-state index contributed by atoms with van der Waals surface area (Å²) >= 11 is 6.16. The van der Waals surface area contributed by atoms with Crippen LogP contribution in [0.15, 0.2) is 73.1 Å². The molecule has 296 valence electrons. The molecular formula is C37H38ClN11O8. The van der Waals surface area contributed by atoms with E-state index in [4.69, 9.17) is 16.7 Å². The van der Waals surface area contributed by atoms with Gasteiger partial charge in [0.2, 0.25) is 11.8 Å². The fraction of sp³-hybridized carbons (Fsp3) is 0.270. The second kappa shape index (κ2) is 17.7. The SMILES string of the molecule is CN(CCO)C(=O)C1CCN(C(=O)Nc2ccc(C[C@H](NC(=O)C(=O)Nc3cc(Cl)ccc3-n3cnnn3)C(=O)Nc3ccc4[nH]c(C(=O)O)cc4c3)cc2)CC1. The van der Waals surface area contributed by atoms with Crippen molar-refractivity contribution in [3.63, 3.8) is 0 Å². The van der Waals surface area contributed by atoms with E-state index in [1.54, 1.807) is 66.5 Å². The van der Waals surface area contributed by atoms with Crippen LogP contribution in [0.1, 0.15) is 28.9 Å². The number of hydrogen-bond acceptors (Lipinski definition) is 10. The maximum Gasteiger partial charge on any atom is 0.352 e. The summed E-state index contributed by atoms with van der Waals surface area (Å²) in [6, 6.07) is 15.6. The molecule has 20 heteroatoms. The molecule has 1 fully saturated rings. The Morgan fingerprint density at radius 3 is 2.35 bits per heavy atom. The number of amides is 6. The molecule has 1 aliphatic heterocycles. The molecule has 0 saturated carbocycles. The summed E-state index contributed by atoms with van der Waals surface area (Å²) < 4.78 is 1.26. The summed E-state index contributed by atoms with van der Waals surface area (Å²) in [5, 5.41) is 40.8. The first-order chi connectivity index (χ1) is 27.4. The Labute approximate surface area is 329 Å². The Morgan fingerprint density at radius 1 is 0.930 bits per heavy atom. The predicted molar refractivity (Wildman–Crippen MR) is 207 cm³/mol. The highest BCUT2D eigenvalue weighted by Gasteiger charge is 2.30. The number of nitrogens with one attached hydrogen (secondary N) is 5. The van der Waals surface area contributed by atoms with Gasteiger partial charge in [0.1, 0.15) is 18.1 Å². The Hall–Kier alpha value is -6.86. The topological polar surface area (TPSA) is 257 Å². The molecule has 7 N–H and O–H groups in total. The number of urea groups is 1. The van der Waals surface area contributed by atoms with Gasteiger partial charge >= 0.3 is 23.8 Å². The molecular weight excluding hydrogens is 762 g/mol. The number of carbonyl (C=O) groups is 6. The van der Waals surface area contributed by atoms with E-state index in [0.717, 1.165) is 0 Å². The standard InChI is InChI=1S/C37H38ClN11O8/c1-47(14-15-50)35(54)22-10-12-48(13-11-22)37(57)41-25-5-2-21(3-6-25)16-29(32(51)40-26-7-8-27-23(17-26)18-30(42-27)36(55)56)44-34(53)33(52)43-28-19-24(38)4-9-31(28)49-20-39-45-46-49/h2-9,17-20,22,29,42,50H,10-16H2,1H3,(H,40,51)(H,41,57)(H,43,52)(H,44,53)(H,55,56)/t29-/m0/s1. The fourth-order valence-electron chi connectivity index (χ4n) is 6.31. The number of fused-ring (bicyclic) bond motifs is 1. The molecule has 5 aromatic rings. The molecule has 57 heavy (non-hydrogen) atoms. The van der Waals surface area contributed by atoms with Gasteiger partial charge in [-0.2, -0.15) is 4.68 Å². The molecule has 3 heterocycles. The number of aliphatic hydroxyl groups excluding tert-OH is 1. The predicted octanol–water partition coefficient (Wildman–Crippen LogP) is 2.49. The number of likely N-dealkylation sites (tertiary alicyclic amines) is 1. The van der Waals surface area contributed by atoms with Gasteiger partial charge in [0.25, 0.3) is 0 Å². The lowest BCUT2D eigenvalue weighted by molar-refractivity contribution is -0.137. The van der Waals surface area contributed by atoms with Gasteiger partial charge in [-0.3, -0.25) is 19.2 Å². The second-order valence-corrected chi connectivity index (χ2v) is 13.7. The molecule has 0 spiro atoms. The first kappa shape index (κ1) is 39.8. The van der Waals surface area contributed by atoms with E-state index < -0.39 is 29.7 Å². The lowest BCUT2D eigenvalue weighted by Gasteiger charge is -2.33. The zero-order chi connectivity index (χ0) is 40.6. The number of carboxylic acids is 1. The van der Waals surface area contributed by atoms with Crippen molar-refractivity contribution in [2.45, 2.75) is 25.3 Å². The van der Waals surface area contributed by atoms with Gasteiger partial charge in [0, 0.05) is 66.3 Å². The van der Waals surface area contributed by atoms with E-state index >= 15 is 0 Å². The van der Waals surface area contributed by atoms with Crippen LogP contribution in [0, 0.1) is 5.92 Å². The third-order valence-electron chi connectivity index (χ3n) is 9.34. The number of H-pyrrole nitrogens is 1. The van der Waals surface area contributed by atoms with Crippen molar-refractivity contribution >= 4 is 75.2 Å². The van der Waals surface area contributed by atoms with Crippen LogP contribution >= 0.6 is 11.6 Å². The Bertz CT molecular complexity index is 2290. The van der Waals surface area contributed by atoms with E-state index in [-0.39, 0.29) is 53.8 Å². The number of benzene rings is 3. The number of aromatic amines is 1. The molecule has 1 saturated heterocycles. The summed E-state index contributed by atoms with van der Waals surface area (Å²) in [5.74, 6) is -4.36. The molecule has 2 aromatic heterocycles. The van der Waals surface area contributed by atoms with E-state index in [1.807, 2.05) is 0 Å². The summed E-state index contributed by atoms with van der Waals surface area (Å²) in [7, 11) is 1.64. The van der Waals surface area contributed by atoms with Crippen molar-refractivity contribution in [1.29, 1.82) is 0 Å². The highest BCUT2D eigenvalue weighted by molar-refractivity contribution is 6.40. The summed E-state index contributed by atoms with van der Waals surface area (Å²) in [6.45, 7) is 0.886. The minimum atomic E-state index is -1.29. The molecule has 0 unspecified atom stereocenters. The number of aliphatic hydroxyl groups is 1. The number of tetrazole rings is 1. The smallest absolute Gasteiger partial charge is 0.352 e. The maximum atomic E-state index is 13.8. The van der Waals surface area contributed by atoms with Crippen LogP contribution in [-0.2, 0) is 25.6 Å². The van der Waals surface area contributed by atoms with Gasteiger partial charge in [-0.25, -0.2) is 9.59 Å². The van der Waals surface area contributed by atoms with Crippen LogP contribution in [0.25, 0.3) is 16.6 Å². The van der Waals surface area contributed by atoms with Crippen molar-refractivity contribution in [2.75, 3.05) is 49.2 Å². The third-order valence-corrected chi connectivity index (χ3v) is 9.57. The Kier molecular flexibility index (Phi) is 12.4.